The van der Waals surface area contributed by atoms with Crippen molar-refractivity contribution < 1.29 is 14.6 Å². The van der Waals surface area contributed by atoms with Gasteiger partial charge in [0.05, 0.1) is 0 Å². The van der Waals surface area contributed by atoms with Gasteiger partial charge >= 0.3 is 5.97 Å². The first-order valence-corrected chi connectivity index (χ1v) is 9.16. The van der Waals surface area contributed by atoms with Crippen LogP contribution in [0.5, 0.6) is 5.75 Å². The zero-order valence-electron chi connectivity index (χ0n) is 16.5. The van der Waals surface area contributed by atoms with Gasteiger partial charge in [-0.1, -0.05) is 13.8 Å². The zero-order chi connectivity index (χ0) is 19.8. The minimum Gasteiger partial charge on any atom is -0.478 e. The molecule has 0 unspecified atom stereocenters. The number of pyridine rings is 1. The summed E-state index contributed by atoms with van der Waals surface area (Å²) in [5.74, 6) is 0.0591. The van der Waals surface area contributed by atoms with Crippen molar-refractivity contribution in [3.63, 3.8) is 0 Å². The van der Waals surface area contributed by atoms with E-state index < -0.39 is 11.6 Å². The van der Waals surface area contributed by atoms with Crippen molar-refractivity contribution >= 4 is 16.9 Å². The standard InChI is InChI=1S/C22H26N2O3/c1-14(2)13-24-15(3)20(16-8-10-23-11-9-16)18-12-17(6-7-19(18)24)27-22(4,5)21(25)26/h6-12,14H,13H2,1-5H3,(H,25,26). The fraction of sp³-hybridized carbons (Fsp3) is 0.364. The van der Waals surface area contributed by atoms with Crippen LogP contribution in [0.25, 0.3) is 22.0 Å². The number of hydrogen-bond donors (Lipinski definition) is 1. The van der Waals surface area contributed by atoms with E-state index in [0.29, 0.717) is 11.7 Å². The summed E-state index contributed by atoms with van der Waals surface area (Å²) in [4.78, 5) is 15.5. The smallest absolute Gasteiger partial charge is 0.347 e. The van der Waals surface area contributed by atoms with Crippen molar-refractivity contribution in [3.05, 3.63) is 48.4 Å². The highest BCUT2D eigenvalue weighted by Gasteiger charge is 2.29. The highest BCUT2D eigenvalue weighted by atomic mass is 16.5. The monoisotopic (exact) mass is 366 g/mol. The van der Waals surface area contributed by atoms with Crippen molar-refractivity contribution in [2.24, 2.45) is 5.92 Å². The van der Waals surface area contributed by atoms with E-state index in [2.05, 4.69) is 30.3 Å². The van der Waals surface area contributed by atoms with Crippen LogP contribution in [0.2, 0.25) is 0 Å². The molecule has 5 heteroatoms. The third kappa shape index (κ3) is 3.68. The molecule has 0 amide bonds. The average molecular weight is 366 g/mol. The first-order chi connectivity index (χ1) is 12.7. The molecule has 0 bridgehead atoms. The van der Waals surface area contributed by atoms with Crippen molar-refractivity contribution in [3.8, 4) is 16.9 Å². The Labute approximate surface area is 159 Å². The van der Waals surface area contributed by atoms with Gasteiger partial charge in [0, 0.05) is 41.1 Å². The molecule has 1 N–H and O–H groups in total. The summed E-state index contributed by atoms with van der Waals surface area (Å²) in [6, 6.07) is 9.80. The molecule has 2 heterocycles. The van der Waals surface area contributed by atoms with Gasteiger partial charge < -0.3 is 14.4 Å². The van der Waals surface area contributed by atoms with E-state index in [-0.39, 0.29) is 0 Å². The van der Waals surface area contributed by atoms with E-state index in [4.69, 9.17) is 4.74 Å². The number of fused-ring (bicyclic) bond motifs is 1. The van der Waals surface area contributed by atoms with Crippen LogP contribution in [0.15, 0.2) is 42.7 Å². The molecule has 0 atom stereocenters. The topological polar surface area (TPSA) is 64.3 Å². The molecule has 3 aromatic rings. The third-order valence-electron chi connectivity index (χ3n) is 4.70. The third-order valence-corrected chi connectivity index (χ3v) is 4.70. The van der Waals surface area contributed by atoms with Gasteiger partial charge in [-0.05, 0) is 62.6 Å². The molecule has 0 aliphatic rings. The number of ether oxygens (including phenoxy) is 1. The summed E-state index contributed by atoms with van der Waals surface area (Å²) in [6.45, 7) is 10.5. The van der Waals surface area contributed by atoms with E-state index in [0.717, 1.165) is 28.6 Å². The lowest BCUT2D eigenvalue weighted by Gasteiger charge is -2.21. The maximum absolute atomic E-state index is 11.4. The molecule has 27 heavy (non-hydrogen) atoms. The summed E-state index contributed by atoms with van der Waals surface area (Å²) in [5, 5.41) is 10.4. The highest BCUT2D eigenvalue weighted by molar-refractivity contribution is 5.98. The maximum Gasteiger partial charge on any atom is 0.347 e. The second-order valence-electron chi connectivity index (χ2n) is 7.80. The second kappa shape index (κ2) is 7.06. The van der Waals surface area contributed by atoms with Gasteiger partial charge in [-0.15, -0.1) is 0 Å². The molecule has 0 spiro atoms. The number of aromatic nitrogens is 2. The molecule has 1 aromatic carbocycles. The molecule has 0 aliphatic heterocycles. The van der Waals surface area contributed by atoms with Crippen LogP contribution in [0.4, 0.5) is 0 Å². The largest absolute Gasteiger partial charge is 0.478 e. The average Bonchev–Trinajstić information content (AvgIpc) is 2.86. The van der Waals surface area contributed by atoms with Crippen molar-refractivity contribution in [1.82, 2.24) is 9.55 Å². The number of carboxylic acid groups (broad SMARTS) is 1. The fourth-order valence-corrected chi connectivity index (χ4v) is 3.35. The summed E-state index contributed by atoms with van der Waals surface area (Å²) in [5.41, 5.74) is 3.23. The van der Waals surface area contributed by atoms with Gasteiger partial charge in [0.15, 0.2) is 5.60 Å². The van der Waals surface area contributed by atoms with Gasteiger partial charge in [0.25, 0.3) is 0 Å². The van der Waals surface area contributed by atoms with Crippen molar-refractivity contribution in [2.45, 2.75) is 46.8 Å². The number of aliphatic carboxylic acids is 1. The Morgan fingerprint density at radius 1 is 1.22 bits per heavy atom. The van der Waals surface area contributed by atoms with Crippen LogP contribution in [0.3, 0.4) is 0 Å². The fourth-order valence-electron chi connectivity index (χ4n) is 3.35. The lowest BCUT2D eigenvalue weighted by atomic mass is 10.0. The Bertz CT molecular complexity index is 972. The van der Waals surface area contributed by atoms with Gasteiger partial charge in [0.2, 0.25) is 0 Å². The number of benzene rings is 1. The van der Waals surface area contributed by atoms with Gasteiger partial charge in [-0.25, -0.2) is 4.79 Å². The minimum absolute atomic E-state index is 0.506. The number of carbonyl (C=O) groups is 1. The van der Waals surface area contributed by atoms with Gasteiger partial charge in [-0.3, -0.25) is 4.98 Å². The highest BCUT2D eigenvalue weighted by Crippen LogP contribution is 2.37. The first kappa shape index (κ1) is 19.0. The van der Waals surface area contributed by atoms with E-state index in [9.17, 15) is 9.90 Å². The molecule has 2 aromatic heterocycles. The van der Waals surface area contributed by atoms with E-state index in [1.807, 2.05) is 30.3 Å². The number of rotatable bonds is 6. The van der Waals surface area contributed by atoms with Crippen LogP contribution in [0, 0.1) is 12.8 Å². The molecule has 0 saturated carbocycles. The zero-order valence-corrected chi connectivity index (χ0v) is 16.5. The summed E-state index contributed by atoms with van der Waals surface area (Å²) >= 11 is 0. The quantitative estimate of drug-likeness (QED) is 0.673. The van der Waals surface area contributed by atoms with E-state index >= 15 is 0 Å². The van der Waals surface area contributed by atoms with Crippen LogP contribution < -0.4 is 4.74 Å². The summed E-state index contributed by atoms with van der Waals surface area (Å²) in [6.07, 6.45) is 3.57. The van der Waals surface area contributed by atoms with E-state index in [1.54, 1.807) is 26.2 Å². The molecule has 0 saturated heterocycles. The van der Waals surface area contributed by atoms with Crippen molar-refractivity contribution in [2.75, 3.05) is 0 Å². The van der Waals surface area contributed by atoms with E-state index in [1.165, 1.54) is 5.69 Å². The van der Waals surface area contributed by atoms with Crippen LogP contribution >= 0.6 is 0 Å². The Balaban J connectivity index is 2.20. The normalized spacial score (nSPS) is 11.9. The Kier molecular flexibility index (Phi) is 4.96. The minimum atomic E-state index is -1.29. The maximum atomic E-state index is 11.4. The van der Waals surface area contributed by atoms with Gasteiger partial charge in [0.1, 0.15) is 5.75 Å². The molecular weight excluding hydrogens is 340 g/mol. The van der Waals surface area contributed by atoms with Crippen LogP contribution in [-0.2, 0) is 11.3 Å². The molecule has 5 nitrogen and oxygen atoms in total. The lowest BCUT2D eigenvalue weighted by molar-refractivity contribution is -0.152. The van der Waals surface area contributed by atoms with Gasteiger partial charge in [-0.2, -0.15) is 0 Å². The molecular formula is C22H26N2O3. The first-order valence-electron chi connectivity index (χ1n) is 9.16. The molecule has 0 radical (unpaired) electrons. The lowest BCUT2D eigenvalue weighted by Crippen LogP contribution is -2.37. The van der Waals surface area contributed by atoms with Crippen LogP contribution in [0.1, 0.15) is 33.4 Å². The predicted molar refractivity (Wildman–Crippen MR) is 107 cm³/mol. The molecule has 142 valence electrons. The van der Waals surface area contributed by atoms with Crippen molar-refractivity contribution in [1.29, 1.82) is 0 Å². The summed E-state index contributed by atoms with van der Waals surface area (Å²) < 4.78 is 8.09. The molecule has 3 rings (SSSR count). The summed E-state index contributed by atoms with van der Waals surface area (Å²) in [7, 11) is 0. The second-order valence-corrected chi connectivity index (χ2v) is 7.80. The van der Waals surface area contributed by atoms with Crippen LogP contribution in [-0.4, -0.2) is 26.2 Å². The number of nitrogens with zero attached hydrogens (tertiary/aromatic N) is 2. The SMILES string of the molecule is Cc1c(-c2ccncc2)c2cc(OC(C)(C)C(=O)O)ccc2n1CC(C)C. The predicted octanol–water partition coefficient (Wildman–Crippen LogP) is 4.91. The number of hydrogen-bond acceptors (Lipinski definition) is 3. The molecule has 0 fully saturated rings. The Morgan fingerprint density at radius 2 is 1.89 bits per heavy atom. The number of carboxylic acids is 1. The Hall–Kier alpha value is -2.82. The Morgan fingerprint density at radius 3 is 2.48 bits per heavy atom. The molecule has 0 aliphatic carbocycles.